The van der Waals surface area contributed by atoms with Gasteiger partial charge in [-0.15, -0.1) is 0 Å². The van der Waals surface area contributed by atoms with Crippen LogP contribution in [0.15, 0.2) is 0 Å². The average Bonchev–Trinajstić information content (AvgIpc) is 2.73. The number of nitrogens with zero attached hydrogens (tertiary/aromatic N) is 2. The van der Waals surface area contributed by atoms with Gasteiger partial charge in [0.2, 0.25) is 0 Å². The molecule has 1 atom stereocenters. The minimum Gasteiger partial charge on any atom is -0.314 e. The van der Waals surface area contributed by atoms with Gasteiger partial charge in [0.25, 0.3) is 0 Å². The van der Waals surface area contributed by atoms with E-state index >= 15 is 0 Å². The van der Waals surface area contributed by atoms with Crippen LogP contribution in [0.4, 0.5) is 0 Å². The van der Waals surface area contributed by atoms with Crippen LogP contribution in [0.2, 0.25) is 0 Å². The van der Waals surface area contributed by atoms with Gasteiger partial charge in [0.15, 0.2) is 0 Å². The van der Waals surface area contributed by atoms with Crippen molar-refractivity contribution >= 4 is 0 Å². The molecule has 2 aliphatic heterocycles. The molecule has 0 amide bonds. The highest BCUT2D eigenvalue weighted by atomic mass is 15.3. The lowest BCUT2D eigenvalue weighted by Crippen LogP contribution is -2.53. The molecule has 3 heteroatoms. The average molecular weight is 253 g/mol. The summed E-state index contributed by atoms with van der Waals surface area (Å²) in [6.45, 7) is 16.8. The van der Waals surface area contributed by atoms with Gasteiger partial charge in [-0.05, 0) is 24.8 Å². The molecule has 0 bridgehead atoms. The smallest absolute Gasteiger partial charge is 0.0224 e. The largest absolute Gasteiger partial charge is 0.314 e. The van der Waals surface area contributed by atoms with E-state index in [0.29, 0.717) is 11.5 Å². The Morgan fingerprint density at radius 1 is 1.22 bits per heavy atom. The SMILES string of the molecule is CC(C)NCC(C)(C)CN1CCN2CCCC2C1. The van der Waals surface area contributed by atoms with E-state index in [4.69, 9.17) is 0 Å². The minimum atomic E-state index is 0.380. The van der Waals surface area contributed by atoms with Gasteiger partial charge in [0.1, 0.15) is 0 Å². The standard InChI is InChI=1S/C15H31N3/c1-13(2)16-11-15(3,4)12-17-8-9-18-7-5-6-14(18)10-17/h13-14,16H,5-12H2,1-4H3. The zero-order valence-electron chi connectivity index (χ0n) is 12.7. The van der Waals surface area contributed by atoms with Gasteiger partial charge < -0.3 is 5.32 Å². The molecule has 0 saturated carbocycles. The summed E-state index contributed by atoms with van der Waals surface area (Å²) in [5, 5.41) is 3.58. The number of hydrogen-bond acceptors (Lipinski definition) is 3. The minimum absolute atomic E-state index is 0.380. The summed E-state index contributed by atoms with van der Waals surface area (Å²) in [4.78, 5) is 5.38. The molecular weight excluding hydrogens is 222 g/mol. The third-order valence-electron chi connectivity index (χ3n) is 4.31. The van der Waals surface area contributed by atoms with Crippen LogP contribution >= 0.6 is 0 Å². The van der Waals surface area contributed by atoms with Gasteiger partial charge >= 0.3 is 0 Å². The molecule has 1 unspecified atom stereocenters. The first kappa shape index (κ1) is 14.3. The molecule has 0 spiro atoms. The van der Waals surface area contributed by atoms with Gasteiger partial charge in [-0.3, -0.25) is 9.80 Å². The van der Waals surface area contributed by atoms with Crippen molar-refractivity contribution < 1.29 is 0 Å². The van der Waals surface area contributed by atoms with E-state index in [0.717, 1.165) is 12.6 Å². The van der Waals surface area contributed by atoms with Crippen LogP contribution in [-0.4, -0.2) is 61.2 Å². The molecule has 0 aliphatic carbocycles. The normalized spacial score (nSPS) is 26.8. The number of nitrogens with one attached hydrogen (secondary N) is 1. The zero-order chi connectivity index (χ0) is 13.2. The molecule has 2 saturated heterocycles. The highest BCUT2D eigenvalue weighted by Crippen LogP contribution is 2.24. The van der Waals surface area contributed by atoms with E-state index in [-0.39, 0.29) is 0 Å². The van der Waals surface area contributed by atoms with E-state index in [1.54, 1.807) is 0 Å². The lowest BCUT2D eigenvalue weighted by molar-refractivity contribution is 0.0737. The van der Waals surface area contributed by atoms with Crippen molar-refractivity contribution in [3.8, 4) is 0 Å². The Labute approximate surface area is 113 Å². The van der Waals surface area contributed by atoms with Crippen LogP contribution in [0.5, 0.6) is 0 Å². The monoisotopic (exact) mass is 253 g/mol. The molecule has 106 valence electrons. The molecule has 2 aliphatic rings. The molecule has 0 radical (unpaired) electrons. The maximum atomic E-state index is 3.58. The molecule has 1 N–H and O–H groups in total. The topological polar surface area (TPSA) is 18.5 Å². The Kier molecular flexibility index (Phi) is 4.68. The third kappa shape index (κ3) is 3.94. The lowest BCUT2D eigenvalue weighted by Gasteiger charge is -2.41. The fourth-order valence-corrected chi connectivity index (χ4v) is 3.34. The Hall–Kier alpha value is -0.120. The molecule has 0 aromatic carbocycles. The summed E-state index contributed by atoms with van der Waals surface area (Å²) in [7, 11) is 0. The summed E-state index contributed by atoms with van der Waals surface area (Å²) in [6.07, 6.45) is 2.83. The molecule has 2 fully saturated rings. The van der Waals surface area contributed by atoms with Gasteiger partial charge in [-0.1, -0.05) is 27.7 Å². The lowest BCUT2D eigenvalue weighted by atomic mass is 9.91. The quantitative estimate of drug-likeness (QED) is 0.806. The van der Waals surface area contributed by atoms with Crippen molar-refractivity contribution in [2.24, 2.45) is 5.41 Å². The Morgan fingerprint density at radius 2 is 2.00 bits per heavy atom. The van der Waals surface area contributed by atoms with Crippen LogP contribution in [0.25, 0.3) is 0 Å². The Balaban J connectivity index is 1.78. The summed E-state index contributed by atoms with van der Waals surface area (Å²) >= 11 is 0. The van der Waals surface area contributed by atoms with Crippen molar-refractivity contribution in [3.63, 3.8) is 0 Å². The van der Waals surface area contributed by atoms with Crippen molar-refractivity contribution in [1.82, 2.24) is 15.1 Å². The fraction of sp³-hybridized carbons (Fsp3) is 1.00. The van der Waals surface area contributed by atoms with E-state index in [9.17, 15) is 0 Å². The van der Waals surface area contributed by atoms with Gasteiger partial charge in [0, 0.05) is 44.8 Å². The second kappa shape index (κ2) is 5.89. The van der Waals surface area contributed by atoms with Gasteiger partial charge in [-0.25, -0.2) is 0 Å². The predicted octanol–water partition coefficient (Wildman–Crippen LogP) is 1.79. The highest BCUT2D eigenvalue weighted by Gasteiger charge is 2.32. The Bertz CT molecular complexity index is 262. The molecular formula is C15H31N3. The number of fused-ring (bicyclic) bond motifs is 1. The molecule has 2 rings (SSSR count). The number of piperazine rings is 1. The van der Waals surface area contributed by atoms with Gasteiger partial charge in [-0.2, -0.15) is 0 Å². The van der Waals surface area contributed by atoms with Crippen LogP contribution < -0.4 is 5.32 Å². The highest BCUT2D eigenvalue weighted by molar-refractivity contribution is 4.89. The summed E-state index contributed by atoms with van der Waals surface area (Å²) in [6, 6.07) is 1.45. The molecule has 3 nitrogen and oxygen atoms in total. The second-order valence-corrected chi connectivity index (χ2v) is 7.27. The number of hydrogen-bond donors (Lipinski definition) is 1. The maximum Gasteiger partial charge on any atom is 0.0224 e. The molecule has 0 aromatic rings. The molecule has 18 heavy (non-hydrogen) atoms. The first-order valence-corrected chi connectivity index (χ1v) is 7.66. The fourth-order valence-electron chi connectivity index (χ4n) is 3.34. The molecule has 2 heterocycles. The van der Waals surface area contributed by atoms with Crippen molar-refractivity contribution in [2.75, 3.05) is 39.3 Å². The van der Waals surface area contributed by atoms with Crippen molar-refractivity contribution in [1.29, 1.82) is 0 Å². The van der Waals surface area contributed by atoms with Crippen molar-refractivity contribution in [3.05, 3.63) is 0 Å². The van der Waals surface area contributed by atoms with Crippen LogP contribution in [0.1, 0.15) is 40.5 Å². The van der Waals surface area contributed by atoms with E-state index in [2.05, 4.69) is 42.8 Å². The van der Waals surface area contributed by atoms with Crippen LogP contribution in [-0.2, 0) is 0 Å². The summed E-state index contributed by atoms with van der Waals surface area (Å²) in [5.74, 6) is 0. The van der Waals surface area contributed by atoms with E-state index in [1.165, 1.54) is 45.6 Å². The molecule has 0 aromatic heterocycles. The second-order valence-electron chi connectivity index (χ2n) is 7.27. The summed E-state index contributed by atoms with van der Waals surface area (Å²) < 4.78 is 0. The maximum absolute atomic E-state index is 3.58. The van der Waals surface area contributed by atoms with Crippen LogP contribution in [0, 0.1) is 5.41 Å². The predicted molar refractivity (Wildman–Crippen MR) is 78.0 cm³/mol. The van der Waals surface area contributed by atoms with Crippen LogP contribution in [0.3, 0.4) is 0 Å². The first-order chi connectivity index (χ1) is 8.46. The zero-order valence-corrected chi connectivity index (χ0v) is 12.7. The van der Waals surface area contributed by atoms with Gasteiger partial charge in [0.05, 0.1) is 0 Å². The third-order valence-corrected chi connectivity index (χ3v) is 4.31. The summed E-state index contributed by atoms with van der Waals surface area (Å²) in [5.41, 5.74) is 0.380. The number of rotatable bonds is 5. The first-order valence-electron chi connectivity index (χ1n) is 7.66. The van der Waals surface area contributed by atoms with Crippen molar-refractivity contribution in [2.45, 2.75) is 52.6 Å². The van der Waals surface area contributed by atoms with E-state index in [1.807, 2.05) is 0 Å². The Morgan fingerprint density at radius 3 is 2.72 bits per heavy atom. The van der Waals surface area contributed by atoms with E-state index < -0.39 is 0 Å².